The number of nitrogens with one attached hydrogen (secondary N) is 1. The van der Waals surface area contributed by atoms with Gasteiger partial charge >= 0.3 is 0 Å². The summed E-state index contributed by atoms with van der Waals surface area (Å²) in [5.74, 6) is -0.00735. The van der Waals surface area contributed by atoms with Gasteiger partial charge in [0.25, 0.3) is 5.91 Å². The number of benzene rings is 2. The smallest absolute Gasteiger partial charge is 0.251 e. The third-order valence-corrected chi connectivity index (χ3v) is 4.41. The average Bonchev–Trinajstić information content (AvgIpc) is 3.14. The molecule has 0 aliphatic heterocycles. The van der Waals surface area contributed by atoms with Gasteiger partial charge in [0.05, 0.1) is 11.6 Å². The molecule has 0 aliphatic carbocycles. The molecule has 0 aliphatic rings. The molecule has 0 fully saturated rings. The summed E-state index contributed by atoms with van der Waals surface area (Å²) in [5, 5.41) is 15.8. The Kier molecular flexibility index (Phi) is 5.35. The van der Waals surface area contributed by atoms with Crippen LogP contribution in [0, 0.1) is 5.82 Å². The number of hydrogen-bond acceptors (Lipinski definition) is 5. The summed E-state index contributed by atoms with van der Waals surface area (Å²) in [4.78, 5) is 12.0. The van der Waals surface area contributed by atoms with E-state index in [4.69, 9.17) is 16.3 Å². The Labute approximate surface area is 170 Å². The van der Waals surface area contributed by atoms with Gasteiger partial charge in [0, 0.05) is 17.2 Å². The van der Waals surface area contributed by atoms with E-state index in [0.29, 0.717) is 27.9 Å². The minimum absolute atomic E-state index is 0.184. The summed E-state index contributed by atoms with van der Waals surface area (Å²) >= 11 is 6.24. The summed E-state index contributed by atoms with van der Waals surface area (Å²) in [6.07, 6.45) is 0. The molecule has 2 aromatic heterocycles. The molecule has 7 nitrogen and oxygen atoms in total. The van der Waals surface area contributed by atoms with E-state index in [0.717, 1.165) is 0 Å². The molecule has 0 radical (unpaired) electrons. The van der Waals surface area contributed by atoms with E-state index in [2.05, 4.69) is 20.6 Å². The molecule has 9 heteroatoms. The first-order valence-electron chi connectivity index (χ1n) is 8.76. The molecule has 0 spiro atoms. The lowest BCUT2D eigenvalue weighted by atomic mass is 10.2. The van der Waals surface area contributed by atoms with Crippen molar-refractivity contribution in [3.8, 4) is 17.3 Å². The molecule has 0 saturated carbocycles. The van der Waals surface area contributed by atoms with Crippen molar-refractivity contribution in [3.63, 3.8) is 0 Å². The van der Waals surface area contributed by atoms with Crippen molar-refractivity contribution < 1.29 is 13.9 Å². The van der Waals surface area contributed by atoms with E-state index in [1.54, 1.807) is 22.7 Å². The number of amides is 1. The van der Waals surface area contributed by atoms with Gasteiger partial charge in [0.15, 0.2) is 11.5 Å². The second-order valence-electron chi connectivity index (χ2n) is 6.06. The zero-order chi connectivity index (χ0) is 20.2. The van der Waals surface area contributed by atoms with Gasteiger partial charge in [-0.3, -0.25) is 4.79 Å². The van der Waals surface area contributed by atoms with Crippen LogP contribution in [-0.2, 0) is 0 Å². The van der Waals surface area contributed by atoms with E-state index in [1.165, 1.54) is 24.3 Å². The van der Waals surface area contributed by atoms with Gasteiger partial charge in [0.1, 0.15) is 12.4 Å². The standard InChI is InChI=1S/C20H15ClFN5O2/c21-16-7-2-1-6-15(16)19-25-24-17-8-9-18(26-27(17)19)29-11-10-23-20(28)13-4-3-5-14(22)12-13/h1-9,12H,10-11H2,(H,23,28). The van der Waals surface area contributed by atoms with Crippen molar-refractivity contribution in [1.29, 1.82) is 0 Å². The third-order valence-electron chi connectivity index (χ3n) is 4.08. The molecule has 0 bridgehead atoms. The van der Waals surface area contributed by atoms with Gasteiger partial charge < -0.3 is 10.1 Å². The SMILES string of the molecule is O=C(NCCOc1ccc2nnc(-c3ccccc3Cl)n2n1)c1cccc(F)c1. The molecule has 4 rings (SSSR count). The fourth-order valence-corrected chi connectivity index (χ4v) is 2.93. The number of carbonyl (C=O) groups is 1. The van der Waals surface area contributed by atoms with E-state index >= 15 is 0 Å². The zero-order valence-electron chi connectivity index (χ0n) is 15.0. The second-order valence-corrected chi connectivity index (χ2v) is 6.47. The number of rotatable bonds is 6. The zero-order valence-corrected chi connectivity index (χ0v) is 15.8. The molecule has 0 atom stereocenters. The van der Waals surface area contributed by atoms with E-state index < -0.39 is 5.82 Å². The molecule has 2 heterocycles. The van der Waals surface area contributed by atoms with Crippen LogP contribution in [0.5, 0.6) is 5.88 Å². The lowest BCUT2D eigenvalue weighted by Crippen LogP contribution is -2.28. The molecular formula is C20H15ClFN5O2. The van der Waals surface area contributed by atoms with Gasteiger partial charge in [-0.15, -0.1) is 15.3 Å². The fraction of sp³-hybridized carbons (Fsp3) is 0.100. The molecule has 1 N–H and O–H groups in total. The Morgan fingerprint density at radius 2 is 1.97 bits per heavy atom. The number of carbonyl (C=O) groups excluding carboxylic acids is 1. The van der Waals surface area contributed by atoms with Crippen molar-refractivity contribution in [2.45, 2.75) is 0 Å². The summed E-state index contributed by atoms with van der Waals surface area (Å²) in [5.41, 5.74) is 1.50. The largest absolute Gasteiger partial charge is 0.475 e. The molecule has 0 unspecified atom stereocenters. The van der Waals surface area contributed by atoms with E-state index in [-0.39, 0.29) is 24.6 Å². The summed E-state index contributed by atoms with van der Waals surface area (Å²) in [7, 11) is 0. The first kappa shape index (κ1) is 18.8. The number of halogens is 2. The summed E-state index contributed by atoms with van der Waals surface area (Å²) < 4.78 is 20.3. The normalized spacial score (nSPS) is 10.8. The quantitative estimate of drug-likeness (QED) is 0.492. The van der Waals surface area contributed by atoms with E-state index in [1.807, 2.05) is 18.2 Å². The number of aromatic nitrogens is 4. The van der Waals surface area contributed by atoms with Crippen LogP contribution in [0.15, 0.2) is 60.7 Å². The van der Waals surface area contributed by atoms with Crippen LogP contribution in [0.2, 0.25) is 5.02 Å². The lowest BCUT2D eigenvalue weighted by Gasteiger charge is -2.08. The third kappa shape index (κ3) is 4.17. The highest BCUT2D eigenvalue weighted by Crippen LogP contribution is 2.26. The Morgan fingerprint density at radius 1 is 1.10 bits per heavy atom. The highest BCUT2D eigenvalue weighted by atomic mass is 35.5. The maximum Gasteiger partial charge on any atom is 0.251 e. The topological polar surface area (TPSA) is 81.4 Å². The van der Waals surface area contributed by atoms with Crippen molar-refractivity contribution in [2.75, 3.05) is 13.2 Å². The predicted octanol–water partition coefficient (Wildman–Crippen LogP) is 3.39. The van der Waals surface area contributed by atoms with Gasteiger partial charge in [0.2, 0.25) is 5.88 Å². The molecular weight excluding hydrogens is 397 g/mol. The van der Waals surface area contributed by atoms with Crippen LogP contribution in [0.25, 0.3) is 17.0 Å². The molecule has 2 aromatic carbocycles. The van der Waals surface area contributed by atoms with E-state index in [9.17, 15) is 9.18 Å². The van der Waals surface area contributed by atoms with Crippen LogP contribution < -0.4 is 10.1 Å². The Hall–Kier alpha value is -3.52. The Balaban J connectivity index is 1.42. The minimum Gasteiger partial charge on any atom is -0.475 e. The van der Waals surface area contributed by atoms with Crippen molar-refractivity contribution in [1.82, 2.24) is 25.1 Å². The maximum atomic E-state index is 13.2. The van der Waals surface area contributed by atoms with Crippen LogP contribution in [0.4, 0.5) is 4.39 Å². The first-order chi connectivity index (χ1) is 14.1. The number of fused-ring (bicyclic) bond motifs is 1. The van der Waals surface area contributed by atoms with Gasteiger partial charge in [-0.05, 0) is 36.4 Å². The van der Waals surface area contributed by atoms with Crippen molar-refractivity contribution in [2.24, 2.45) is 0 Å². The first-order valence-corrected chi connectivity index (χ1v) is 9.13. The fourth-order valence-electron chi connectivity index (χ4n) is 2.71. The highest BCUT2D eigenvalue weighted by molar-refractivity contribution is 6.33. The lowest BCUT2D eigenvalue weighted by molar-refractivity contribution is 0.0946. The highest BCUT2D eigenvalue weighted by Gasteiger charge is 2.13. The summed E-state index contributed by atoms with van der Waals surface area (Å²) in [6, 6.07) is 16.1. The van der Waals surface area contributed by atoms with Crippen molar-refractivity contribution >= 4 is 23.2 Å². The number of ether oxygens (including phenoxy) is 1. The summed E-state index contributed by atoms with van der Waals surface area (Å²) in [6.45, 7) is 0.414. The number of nitrogens with zero attached hydrogens (tertiary/aromatic N) is 4. The Morgan fingerprint density at radius 3 is 2.79 bits per heavy atom. The Bertz CT molecular complexity index is 1180. The minimum atomic E-state index is -0.463. The maximum absolute atomic E-state index is 13.2. The number of hydrogen-bond donors (Lipinski definition) is 1. The molecule has 0 saturated heterocycles. The van der Waals surface area contributed by atoms with Crippen LogP contribution in [0.1, 0.15) is 10.4 Å². The van der Waals surface area contributed by atoms with Crippen molar-refractivity contribution in [3.05, 3.63) is 77.1 Å². The van der Waals surface area contributed by atoms with Crippen LogP contribution >= 0.6 is 11.6 Å². The van der Waals surface area contributed by atoms with Gasteiger partial charge in [-0.1, -0.05) is 29.8 Å². The second kappa shape index (κ2) is 8.24. The molecule has 146 valence electrons. The molecule has 1 amide bonds. The predicted molar refractivity (Wildman–Crippen MR) is 105 cm³/mol. The van der Waals surface area contributed by atoms with Crippen LogP contribution in [-0.4, -0.2) is 38.9 Å². The molecule has 4 aromatic rings. The van der Waals surface area contributed by atoms with Gasteiger partial charge in [-0.25, -0.2) is 4.39 Å². The average molecular weight is 412 g/mol. The monoisotopic (exact) mass is 411 g/mol. The molecule has 29 heavy (non-hydrogen) atoms. The van der Waals surface area contributed by atoms with Crippen LogP contribution in [0.3, 0.4) is 0 Å². The van der Waals surface area contributed by atoms with Gasteiger partial charge in [-0.2, -0.15) is 4.52 Å².